The highest BCUT2D eigenvalue weighted by Gasteiger charge is 2.41. The average Bonchev–Trinajstić information content (AvgIpc) is 2.83. The summed E-state index contributed by atoms with van der Waals surface area (Å²) < 4.78 is 22.3. The van der Waals surface area contributed by atoms with Crippen LogP contribution in [0.5, 0.6) is 5.75 Å². The molecule has 0 N–H and O–H groups in total. The van der Waals surface area contributed by atoms with Crippen molar-refractivity contribution in [2.75, 3.05) is 24.6 Å². The molecule has 2 aliphatic rings. The first-order chi connectivity index (χ1) is 16.3. The van der Waals surface area contributed by atoms with Gasteiger partial charge in [-0.25, -0.2) is 9.37 Å². The third kappa shape index (κ3) is 3.51. The van der Waals surface area contributed by atoms with Crippen LogP contribution < -0.4 is 15.2 Å². The molecular weight excluding hydrogens is 457 g/mol. The van der Waals surface area contributed by atoms with Gasteiger partial charge in [-0.15, -0.1) is 0 Å². The van der Waals surface area contributed by atoms with Gasteiger partial charge in [-0.2, -0.15) is 5.26 Å². The summed E-state index contributed by atoms with van der Waals surface area (Å²) in [7, 11) is 1.68. The van der Waals surface area contributed by atoms with Gasteiger partial charge in [0.25, 0.3) is 5.56 Å². The van der Waals surface area contributed by atoms with Gasteiger partial charge in [0.1, 0.15) is 35.4 Å². The lowest BCUT2D eigenvalue weighted by Crippen LogP contribution is -2.61. The first-order valence-corrected chi connectivity index (χ1v) is 11.8. The standard InChI is InChI=1S/C25H25ClFN5O2/c1-4-20(18-7-5-15(26)9-19(18)27)31-12-17-13-34-24-23(32(17)11-14(31)2)22-21(30(3)25(24)33)8-6-16(10-28)29-22/h5-9,14,17,20H,4,11-13H2,1-3H3/t14-,17+,20?/m1/s1. The Bertz CT molecular complexity index is 1380. The van der Waals surface area contributed by atoms with E-state index in [9.17, 15) is 14.4 Å². The number of benzene rings is 1. The summed E-state index contributed by atoms with van der Waals surface area (Å²) in [5, 5.41) is 9.78. The van der Waals surface area contributed by atoms with Crippen LogP contribution in [0.2, 0.25) is 5.02 Å². The molecule has 7 nitrogen and oxygen atoms in total. The van der Waals surface area contributed by atoms with Crippen LogP contribution in [0.3, 0.4) is 0 Å². The minimum absolute atomic E-state index is 0.0454. The minimum Gasteiger partial charge on any atom is -0.484 e. The smallest absolute Gasteiger partial charge is 0.295 e. The number of fused-ring (bicyclic) bond motifs is 5. The van der Waals surface area contributed by atoms with Crippen LogP contribution in [0.4, 0.5) is 10.1 Å². The second-order valence-electron chi connectivity index (χ2n) is 8.97. The Morgan fingerprint density at radius 3 is 2.82 bits per heavy atom. The summed E-state index contributed by atoms with van der Waals surface area (Å²) >= 11 is 5.98. The predicted octanol–water partition coefficient (Wildman–Crippen LogP) is 4.02. The second kappa shape index (κ2) is 8.57. The molecule has 0 bridgehead atoms. The summed E-state index contributed by atoms with van der Waals surface area (Å²) in [5.41, 5.74) is 2.56. The van der Waals surface area contributed by atoms with Crippen molar-refractivity contribution in [3.63, 3.8) is 0 Å². The molecule has 9 heteroatoms. The maximum Gasteiger partial charge on any atom is 0.295 e. The van der Waals surface area contributed by atoms with Crippen LogP contribution in [0, 0.1) is 17.1 Å². The van der Waals surface area contributed by atoms with E-state index in [1.807, 2.05) is 0 Å². The van der Waals surface area contributed by atoms with Gasteiger partial charge in [-0.3, -0.25) is 9.69 Å². The van der Waals surface area contributed by atoms with Crippen molar-refractivity contribution in [3.8, 4) is 11.8 Å². The molecule has 1 saturated heterocycles. The molecule has 34 heavy (non-hydrogen) atoms. The molecule has 4 heterocycles. The quantitative estimate of drug-likeness (QED) is 0.562. The molecule has 5 rings (SSSR count). The molecule has 3 atom stereocenters. The zero-order valence-electron chi connectivity index (χ0n) is 19.3. The molecule has 1 unspecified atom stereocenters. The highest BCUT2D eigenvalue weighted by atomic mass is 35.5. The zero-order chi connectivity index (χ0) is 24.1. The van der Waals surface area contributed by atoms with E-state index < -0.39 is 0 Å². The van der Waals surface area contributed by atoms with E-state index >= 15 is 0 Å². The maximum absolute atomic E-state index is 14.8. The molecule has 1 aromatic carbocycles. The van der Waals surface area contributed by atoms with E-state index in [2.05, 4.69) is 34.7 Å². The number of ether oxygens (including phenoxy) is 1. The average molecular weight is 482 g/mol. The lowest BCUT2D eigenvalue weighted by Gasteiger charge is -2.50. The highest BCUT2D eigenvalue weighted by Crippen LogP contribution is 2.41. The Labute approximate surface area is 201 Å². The lowest BCUT2D eigenvalue weighted by molar-refractivity contribution is 0.0807. The number of aryl methyl sites for hydroxylation is 1. The molecular formula is C25H25ClFN5O2. The van der Waals surface area contributed by atoms with Crippen molar-refractivity contribution in [1.29, 1.82) is 5.26 Å². The predicted molar refractivity (Wildman–Crippen MR) is 129 cm³/mol. The Morgan fingerprint density at radius 1 is 1.32 bits per heavy atom. The summed E-state index contributed by atoms with van der Waals surface area (Å²) in [4.78, 5) is 22.1. The molecule has 0 spiro atoms. The Kier molecular flexibility index (Phi) is 5.70. The molecule has 176 valence electrons. The summed E-state index contributed by atoms with van der Waals surface area (Å²) in [5.74, 6) is -0.0350. The molecule has 0 amide bonds. The lowest BCUT2D eigenvalue weighted by atomic mass is 9.96. The molecule has 0 aliphatic carbocycles. The van der Waals surface area contributed by atoms with E-state index in [0.29, 0.717) is 47.0 Å². The maximum atomic E-state index is 14.8. The van der Waals surface area contributed by atoms with Gasteiger partial charge in [-0.1, -0.05) is 24.6 Å². The van der Waals surface area contributed by atoms with Gasteiger partial charge in [0.15, 0.2) is 0 Å². The third-order valence-corrected chi connectivity index (χ3v) is 7.23. The number of anilines is 1. The molecule has 0 radical (unpaired) electrons. The molecule has 3 aromatic rings. The number of piperazine rings is 1. The van der Waals surface area contributed by atoms with Crippen LogP contribution in [0.15, 0.2) is 35.1 Å². The second-order valence-corrected chi connectivity index (χ2v) is 9.41. The van der Waals surface area contributed by atoms with E-state index in [1.165, 1.54) is 10.6 Å². The van der Waals surface area contributed by atoms with E-state index in [-0.39, 0.29) is 40.9 Å². The van der Waals surface area contributed by atoms with Gasteiger partial charge in [0, 0.05) is 42.8 Å². The summed E-state index contributed by atoms with van der Waals surface area (Å²) in [6.45, 7) is 5.76. The van der Waals surface area contributed by atoms with Crippen LogP contribution in [0.1, 0.15) is 37.6 Å². The first kappa shape index (κ1) is 22.6. The van der Waals surface area contributed by atoms with Gasteiger partial charge < -0.3 is 14.2 Å². The fourth-order valence-electron chi connectivity index (χ4n) is 5.32. The fraction of sp³-hybridized carbons (Fsp3) is 0.400. The van der Waals surface area contributed by atoms with Crippen LogP contribution >= 0.6 is 11.6 Å². The van der Waals surface area contributed by atoms with E-state index in [0.717, 1.165) is 6.42 Å². The molecule has 0 saturated carbocycles. The molecule has 2 aromatic heterocycles. The number of halogens is 2. The topological polar surface area (TPSA) is 74.4 Å². The molecule has 2 aliphatic heterocycles. The Hall–Kier alpha value is -3.15. The number of hydrogen-bond acceptors (Lipinski definition) is 6. The van der Waals surface area contributed by atoms with E-state index in [4.69, 9.17) is 16.3 Å². The first-order valence-electron chi connectivity index (χ1n) is 11.4. The number of aromatic nitrogens is 2. The van der Waals surface area contributed by atoms with Crippen molar-refractivity contribution >= 4 is 28.3 Å². The number of nitrogens with zero attached hydrogens (tertiary/aromatic N) is 5. The molecule has 1 fully saturated rings. The normalized spacial score (nSPS) is 20.9. The Balaban J connectivity index is 1.57. The monoisotopic (exact) mass is 481 g/mol. The number of nitriles is 1. The largest absolute Gasteiger partial charge is 0.484 e. The van der Waals surface area contributed by atoms with Crippen molar-refractivity contribution in [3.05, 3.63) is 62.8 Å². The SMILES string of the molecule is CCC(c1ccc(Cl)cc1F)N1C[C@H]2COc3c(c4nc(C#N)ccc4n(C)c3=O)N2C[C@H]1C. The van der Waals surface area contributed by atoms with Crippen LogP contribution in [0.25, 0.3) is 11.0 Å². The summed E-state index contributed by atoms with van der Waals surface area (Å²) in [6.07, 6.45) is 0.740. The third-order valence-electron chi connectivity index (χ3n) is 6.99. The van der Waals surface area contributed by atoms with Crippen LogP contribution in [-0.2, 0) is 7.05 Å². The zero-order valence-corrected chi connectivity index (χ0v) is 20.0. The number of hydrogen-bond donors (Lipinski definition) is 0. The number of pyridine rings is 2. The minimum atomic E-state index is -0.304. The highest BCUT2D eigenvalue weighted by molar-refractivity contribution is 6.30. The van der Waals surface area contributed by atoms with Gasteiger partial charge in [0.2, 0.25) is 5.75 Å². The Morgan fingerprint density at radius 2 is 2.12 bits per heavy atom. The van der Waals surface area contributed by atoms with Crippen LogP contribution in [-0.4, -0.2) is 46.2 Å². The van der Waals surface area contributed by atoms with Gasteiger partial charge >= 0.3 is 0 Å². The van der Waals surface area contributed by atoms with Crippen molar-refractivity contribution in [2.24, 2.45) is 7.05 Å². The number of rotatable bonds is 3. The van der Waals surface area contributed by atoms with Gasteiger partial charge in [0.05, 0.1) is 11.6 Å². The summed E-state index contributed by atoms with van der Waals surface area (Å²) in [6, 6.07) is 10.2. The van der Waals surface area contributed by atoms with Crippen molar-refractivity contribution < 1.29 is 9.13 Å². The van der Waals surface area contributed by atoms with E-state index in [1.54, 1.807) is 31.3 Å². The van der Waals surface area contributed by atoms with Gasteiger partial charge in [-0.05, 0) is 37.6 Å². The fourth-order valence-corrected chi connectivity index (χ4v) is 5.48. The van der Waals surface area contributed by atoms with Crippen molar-refractivity contribution in [2.45, 2.75) is 38.4 Å². The van der Waals surface area contributed by atoms with Crippen molar-refractivity contribution in [1.82, 2.24) is 14.5 Å².